The smallest absolute Gasteiger partial charge is 0.243 e. The first-order valence-corrected chi connectivity index (χ1v) is 11.0. The van der Waals surface area contributed by atoms with Gasteiger partial charge >= 0.3 is 0 Å². The van der Waals surface area contributed by atoms with Crippen molar-refractivity contribution in [3.05, 3.63) is 112 Å². The lowest BCUT2D eigenvalue weighted by Crippen LogP contribution is -2.38. The molecule has 2 aromatic rings. The van der Waals surface area contributed by atoms with Crippen molar-refractivity contribution >= 4 is 11.1 Å². The van der Waals surface area contributed by atoms with Gasteiger partial charge in [0, 0.05) is 32.6 Å². The number of hydrogen-bond acceptors (Lipinski definition) is 5. The largest absolute Gasteiger partial charge is 0.492 e. The van der Waals surface area contributed by atoms with Crippen LogP contribution < -0.4 is 4.74 Å². The number of nitrogens with zero attached hydrogens (tertiary/aromatic N) is 2. The lowest BCUT2D eigenvalue weighted by Gasteiger charge is -2.26. The molecular weight excluding hydrogens is 416 g/mol. The number of nitro groups is 1. The standard InChI is InChI=1S/C15H13NO2.C12H17NO2/c1-4-12-14-8-6-5-7-13(14)11(3)15(12)9-10(2)16(17)18;1-2-4-12(5-3-1)15-11-8-13-6-9-14-10-7-13/h4-9H,1,3H2,2H3;1-5H,6-11H2/b10-9+;. The Hall–Kier alpha value is -3.48. The summed E-state index contributed by atoms with van der Waals surface area (Å²) >= 11 is 0. The van der Waals surface area contributed by atoms with Crippen LogP contribution in [0.3, 0.4) is 0 Å². The van der Waals surface area contributed by atoms with E-state index in [4.69, 9.17) is 9.47 Å². The summed E-state index contributed by atoms with van der Waals surface area (Å²) in [5.41, 5.74) is 4.62. The Balaban J connectivity index is 0.000000189. The summed E-state index contributed by atoms with van der Waals surface area (Å²) in [5.74, 6) is 0.950. The summed E-state index contributed by atoms with van der Waals surface area (Å²) in [6, 6.07) is 17.7. The Morgan fingerprint density at radius 3 is 2.36 bits per heavy atom. The van der Waals surface area contributed by atoms with Crippen LogP contribution in [0, 0.1) is 10.1 Å². The molecule has 0 atom stereocenters. The molecule has 0 amide bonds. The van der Waals surface area contributed by atoms with Crippen molar-refractivity contribution < 1.29 is 14.4 Å². The van der Waals surface area contributed by atoms with Crippen molar-refractivity contribution in [2.75, 3.05) is 39.5 Å². The van der Waals surface area contributed by atoms with E-state index in [-0.39, 0.29) is 5.70 Å². The van der Waals surface area contributed by atoms with Crippen molar-refractivity contribution in [3.8, 4) is 5.75 Å². The van der Waals surface area contributed by atoms with Gasteiger partial charge in [0.1, 0.15) is 12.4 Å². The minimum Gasteiger partial charge on any atom is -0.492 e. The Morgan fingerprint density at radius 2 is 1.73 bits per heavy atom. The van der Waals surface area contributed by atoms with Crippen LogP contribution in [-0.2, 0) is 4.74 Å². The summed E-state index contributed by atoms with van der Waals surface area (Å²) in [7, 11) is 0. The fourth-order valence-electron chi connectivity index (χ4n) is 3.71. The van der Waals surface area contributed by atoms with E-state index < -0.39 is 4.92 Å². The first-order valence-electron chi connectivity index (χ1n) is 11.0. The Bertz CT molecular complexity index is 1050. The maximum absolute atomic E-state index is 10.7. The fourth-order valence-corrected chi connectivity index (χ4v) is 3.71. The average Bonchev–Trinajstić information content (AvgIpc) is 3.11. The highest BCUT2D eigenvalue weighted by molar-refractivity contribution is 6.03. The summed E-state index contributed by atoms with van der Waals surface area (Å²) in [6.45, 7) is 14.8. The van der Waals surface area contributed by atoms with Crippen LogP contribution in [0.25, 0.3) is 11.1 Å². The van der Waals surface area contributed by atoms with Crippen molar-refractivity contribution in [2.45, 2.75) is 6.92 Å². The summed E-state index contributed by atoms with van der Waals surface area (Å²) in [6.07, 6.45) is 3.27. The second kappa shape index (κ2) is 11.9. The topological polar surface area (TPSA) is 64.8 Å². The lowest BCUT2D eigenvalue weighted by atomic mass is 10.0. The van der Waals surface area contributed by atoms with E-state index in [0.717, 1.165) is 73.1 Å². The van der Waals surface area contributed by atoms with E-state index in [9.17, 15) is 10.1 Å². The number of rotatable bonds is 7. The number of ether oxygens (including phenoxy) is 2. The molecule has 0 aromatic heterocycles. The highest BCUT2D eigenvalue weighted by Gasteiger charge is 2.22. The molecular formula is C27H30N2O4. The molecule has 0 bridgehead atoms. The van der Waals surface area contributed by atoms with Crippen LogP contribution in [0.5, 0.6) is 5.75 Å². The summed E-state index contributed by atoms with van der Waals surface area (Å²) in [5, 5.41) is 10.7. The molecule has 4 rings (SSSR count). The number of fused-ring (bicyclic) bond motifs is 1. The minimum atomic E-state index is -0.399. The third kappa shape index (κ3) is 6.51. The maximum Gasteiger partial charge on any atom is 0.243 e. The molecule has 1 heterocycles. The van der Waals surface area contributed by atoms with E-state index in [1.807, 2.05) is 54.6 Å². The number of allylic oxidation sites excluding steroid dienone is 6. The molecule has 2 aromatic carbocycles. The fraction of sp³-hybridized carbons (Fsp3) is 0.259. The van der Waals surface area contributed by atoms with Gasteiger partial charge in [0.05, 0.1) is 18.1 Å². The lowest BCUT2D eigenvalue weighted by molar-refractivity contribution is -0.424. The van der Waals surface area contributed by atoms with Gasteiger partial charge in [0.2, 0.25) is 5.70 Å². The molecule has 0 N–H and O–H groups in total. The number of para-hydroxylation sites is 1. The average molecular weight is 447 g/mol. The quantitative estimate of drug-likeness (QED) is 0.430. The SMILES string of the molecule is C=CC1=C(/C=C(\C)[N+](=O)[O-])C(=C)c2ccccc21.c1ccc(OCCN2CCOCC2)cc1. The number of hydrogen-bond donors (Lipinski definition) is 0. The van der Waals surface area contributed by atoms with Crippen LogP contribution in [0.2, 0.25) is 0 Å². The van der Waals surface area contributed by atoms with E-state index in [0.29, 0.717) is 0 Å². The van der Waals surface area contributed by atoms with E-state index in [1.165, 1.54) is 6.92 Å². The molecule has 172 valence electrons. The molecule has 1 aliphatic heterocycles. The van der Waals surface area contributed by atoms with Crippen molar-refractivity contribution in [2.24, 2.45) is 0 Å². The van der Waals surface area contributed by atoms with Crippen LogP contribution in [0.1, 0.15) is 18.1 Å². The second-order valence-corrected chi connectivity index (χ2v) is 7.71. The van der Waals surface area contributed by atoms with Crippen molar-refractivity contribution in [1.82, 2.24) is 4.90 Å². The van der Waals surface area contributed by atoms with E-state index >= 15 is 0 Å². The zero-order valence-corrected chi connectivity index (χ0v) is 19.0. The van der Waals surface area contributed by atoms with Gasteiger partial charge in [-0.2, -0.15) is 0 Å². The van der Waals surface area contributed by atoms with Gasteiger partial charge in [-0.25, -0.2) is 0 Å². The number of morpholine rings is 1. The molecule has 6 nitrogen and oxygen atoms in total. The van der Waals surface area contributed by atoms with Gasteiger partial charge in [-0.3, -0.25) is 15.0 Å². The predicted octanol–water partition coefficient (Wildman–Crippen LogP) is 5.23. The predicted molar refractivity (Wildman–Crippen MR) is 133 cm³/mol. The Labute approximate surface area is 195 Å². The second-order valence-electron chi connectivity index (χ2n) is 7.71. The van der Waals surface area contributed by atoms with Gasteiger partial charge < -0.3 is 9.47 Å². The third-order valence-corrected chi connectivity index (χ3v) is 5.53. The Kier molecular flexibility index (Phi) is 8.75. The van der Waals surface area contributed by atoms with Crippen molar-refractivity contribution in [3.63, 3.8) is 0 Å². The first kappa shape index (κ1) is 24.2. The first-order chi connectivity index (χ1) is 16.0. The monoisotopic (exact) mass is 446 g/mol. The van der Waals surface area contributed by atoms with Gasteiger partial charge in [-0.15, -0.1) is 0 Å². The highest BCUT2D eigenvalue weighted by atomic mass is 16.6. The molecule has 1 fully saturated rings. The van der Waals surface area contributed by atoms with Gasteiger partial charge in [0.25, 0.3) is 0 Å². The molecule has 0 unspecified atom stereocenters. The normalized spacial score (nSPS) is 16.0. The molecule has 0 saturated carbocycles. The van der Waals surface area contributed by atoms with Crippen molar-refractivity contribution in [1.29, 1.82) is 0 Å². The zero-order valence-electron chi connectivity index (χ0n) is 19.0. The van der Waals surface area contributed by atoms with E-state index in [1.54, 1.807) is 12.2 Å². The zero-order chi connectivity index (χ0) is 23.6. The highest BCUT2D eigenvalue weighted by Crippen LogP contribution is 2.41. The Morgan fingerprint density at radius 1 is 1.09 bits per heavy atom. The molecule has 2 aliphatic rings. The summed E-state index contributed by atoms with van der Waals surface area (Å²) < 4.78 is 10.9. The third-order valence-electron chi connectivity index (χ3n) is 5.53. The van der Waals surface area contributed by atoms with Gasteiger partial charge in [0.15, 0.2) is 0 Å². The molecule has 0 radical (unpaired) electrons. The molecule has 6 heteroatoms. The number of benzene rings is 2. The molecule has 0 spiro atoms. The van der Waals surface area contributed by atoms with Gasteiger partial charge in [-0.05, 0) is 40.0 Å². The van der Waals surface area contributed by atoms with E-state index in [2.05, 4.69) is 18.1 Å². The van der Waals surface area contributed by atoms with Gasteiger partial charge in [-0.1, -0.05) is 61.7 Å². The van der Waals surface area contributed by atoms with Crippen LogP contribution >= 0.6 is 0 Å². The van der Waals surface area contributed by atoms with Crippen LogP contribution in [0.15, 0.2) is 91.2 Å². The minimum absolute atomic E-state index is 0.0957. The van der Waals surface area contributed by atoms with Crippen LogP contribution in [0.4, 0.5) is 0 Å². The summed E-state index contributed by atoms with van der Waals surface area (Å²) in [4.78, 5) is 12.7. The maximum atomic E-state index is 10.7. The molecule has 1 aliphatic carbocycles. The molecule has 1 saturated heterocycles. The van der Waals surface area contributed by atoms with Crippen LogP contribution in [-0.4, -0.2) is 49.3 Å². The molecule has 33 heavy (non-hydrogen) atoms.